The number of carbonyl (C=O) groups excluding carboxylic acids is 1. The van der Waals surface area contributed by atoms with Gasteiger partial charge in [0, 0.05) is 11.4 Å². The van der Waals surface area contributed by atoms with E-state index in [1.807, 2.05) is 26.0 Å². The molecule has 1 aliphatic rings. The Bertz CT molecular complexity index is 476. The number of aromatic nitrogens is 1. The van der Waals surface area contributed by atoms with Gasteiger partial charge in [-0.05, 0) is 26.0 Å². The third kappa shape index (κ3) is 3.74. The van der Waals surface area contributed by atoms with Crippen molar-refractivity contribution >= 4 is 39.6 Å². The molecule has 1 atom stereocenters. The molecule has 1 amide bonds. The number of hydrogen-bond donors (Lipinski definition) is 1. The third-order valence-electron chi connectivity index (χ3n) is 2.34. The molecule has 0 saturated heterocycles. The first kappa shape index (κ1) is 13.4. The van der Waals surface area contributed by atoms with Crippen LogP contribution in [0.3, 0.4) is 0 Å². The van der Waals surface area contributed by atoms with Crippen molar-refractivity contribution in [2.45, 2.75) is 19.1 Å². The fraction of sp³-hybridized carbons (Fsp3) is 0.417. The van der Waals surface area contributed by atoms with Gasteiger partial charge < -0.3 is 5.32 Å². The molecule has 1 aromatic heterocycles. The number of nitrogens with one attached hydrogen (secondary N) is 1. The molecule has 2 rings (SSSR count). The number of aryl methyl sites for hydroxylation is 1. The molecule has 0 saturated carbocycles. The summed E-state index contributed by atoms with van der Waals surface area (Å²) in [6, 6.07) is 5.58. The number of carbonyl (C=O) groups is 1. The first-order chi connectivity index (χ1) is 8.65. The Morgan fingerprint density at radius 3 is 3.06 bits per heavy atom. The highest BCUT2D eigenvalue weighted by atomic mass is 32.2. The molecule has 0 aromatic carbocycles. The van der Waals surface area contributed by atoms with Crippen molar-refractivity contribution in [1.29, 1.82) is 0 Å². The molecule has 0 radical (unpaired) electrons. The van der Waals surface area contributed by atoms with Crippen molar-refractivity contribution in [2.24, 2.45) is 4.99 Å². The molecule has 6 heteroatoms. The molecule has 1 N–H and O–H groups in total. The second kappa shape index (κ2) is 6.24. The van der Waals surface area contributed by atoms with Crippen molar-refractivity contribution in [3.63, 3.8) is 0 Å². The normalized spacial score (nSPS) is 16.2. The second-order valence-electron chi connectivity index (χ2n) is 3.91. The summed E-state index contributed by atoms with van der Waals surface area (Å²) in [6.07, 6.45) is 0. The molecule has 0 aliphatic carbocycles. The van der Waals surface area contributed by atoms with Gasteiger partial charge in [-0.15, -0.1) is 0 Å². The molecule has 96 valence electrons. The first-order valence-electron chi connectivity index (χ1n) is 5.73. The number of nitrogens with zero attached hydrogens (tertiary/aromatic N) is 2. The quantitative estimate of drug-likeness (QED) is 0.925. The molecule has 1 aromatic rings. The van der Waals surface area contributed by atoms with Gasteiger partial charge in [0.1, 0.15) is 10.2 Å². The average Bonchev–Trinajstić information content (AvgIpc) is 2.81. The Morgan fingerprint density at radius 2 is 2.39 bits per heavy atom. The highest BCUT2D eigenvalue weighted by Gasteiger charge is 2.19. The molecule has 2 heterocycles. The SMILES string of the molecule is Cc1cccc(NC(=O)C(C)SC2=NCCS2)n1. The van der Waals surface area contributed by atoms with E-state index in [4.69, 9.17) is 0 Å². The van der Waals surface area contributed by atoms with Crippen molar-refractivity contribution in [1.82, 2.24) is 4.98 Å². The standard InChI is InChI=1S/C12H15N3OS2/c1-8-4-3-5-10(14-8)15-11(16)9(2)18-12-13-6-7-17-12/h3-5,9H,6-7H2,1-2H3,(H,14,15,16). The fourth-order valence-corrected chi connectivity index (χ4v) is 3.56. The third-order valence-corrected chi connectivity index (χ3v) is 4.65. The predicted molar refractivity (Wildman–Crippen MR) is 79.4 cm³/mol. The van der Waals surface area contributed by atoms with E-state index in [1.54, 1.807) is 17.8 Å². The summed E-state index contributed by atoms with van der Waals surface area (Å²) >= 11 is 3.23. The number of aliphatic imine (C=N–C) groups is 1. The number of pyridine rings is 1. The van der Waals surface area contributed by atoms with Crippen LogP contribution < -0.4 is 5.32 Å². The number of hydrogen-bond acceptors (Lipinski definition) is 5. The minimum Gasteiger partial charge on any atom is -0.310 e. The lowest BCUT2D eigenvalue weighted by molar-refractivity contribution is -0.115. The van der Waals surface area contributed by atoms with Gasteiger partial charge in [0.15, 0.2) is 0 Å². The van der Waals surface area contributed by atoms with Gasteiger partial charge in [-0.25, -0.2) is 4.98 Å². The van der Waals surface area contributed by atoms with Crippen molar-refractivity contribution in [3.8, 4) is 0 Å². The maximum Gasteiger partial charge on any atom is 0.238 e. The summed E-state index contributed by atoms with van der Waals surface area (Å²) in [5.41, 5.74) is 0.892. The van der Waals surface area contributed by atoms with Crippen LogP contribution in [0.5, 0.6) is 0 Å². The van der Waals surface area contributed by atoms with Gasteiger partial charge in [0.25, 0.3) is 0 Å². The maximum atomic E-state index is 12.0. The average molecular weight is 281 g/mol. The number of rotatable bonds is 3. The topological polar surface area (TPSA) is 54.4 Å². The largest absolute Gasteiger partial charge is 0.310 e. The van der Waals surface area contributed by atoms with Gasteiger partial charge in [-0.3, -0.25) is 9.79 Å². The summed E-state index contributed by atoms with van der Waals surface area (Å²) in [5, 5.41) is 2.67. The highest BCUT2D eigenvalue weighted by Crippen LogP contribution is 2.26. The van der Waals surface area contributed by atoms with Crippen molar-refractivity contribution in [2.75, 3.05) is 17.6 Å². The zero-order chi connectivity index (χ0) is 13.0. The zero-order valence-electron chi connectivity index (χ0n) is 10.3. The van der Waals surface area contributed by atoms with E-state index >= 15 is 0 Å². The van der Waals surface area contributed by atoms with Crippen LogP contribution in [0.1, 0.15) is 12.6 Å². The fourth-order valence-electron chi connectivity index (χ4n) is 1.43. The molecule has 0 fully saturated rings. The minimum absolute atomic E-state index is 0.0340. The summed E-state index contributed by atoms with van der Waals surface area (Å²) in [5.74, 6) is 1.59. The van der Waals surface area contributed by atoms with Crippen molar-refractivity contribution in [3.05, 3.63) is 23.9 Å². The van der Waals surface area contributed by atoms with E-state index in [2.05, 4.69) is 15.3 Å². The Balaban J connectivity index is 1.90. The van der Waals surface area contributed by atoms with E-state index in [9.17, 15) is 4.79 Å². The first-order valence-corrected chi connectivity index (χ1v) is 7.60. The molecule has 18 heavy (non-hydrogen) atoms. The van der Waals surface area contributed by atoms with E-state index in [1.165, 1.54) is 11.8 Å². The lowest BCUT2D eigenvalue weighted by Crippen LogP contribution is -2.23. The summed E-state index contributed by atoms with van der Waals surface area (Å²) in [7, 11) is 0. The Morgan fingerprint density at radius 1 is 1.56 bits per heavy atom. The lowest BCUT2D eigenvalue weighted by Gasteiger charge is -2.11. The van der Waals surface area contributed by atoms with Crippen LogP contribution in [0.2, 0.25) is 0 Å². The monoisotopic (exact) mass is 281 g/mol. The van der Waals surface area contributed by atoms with E-state index in [-0.39, 0.29) is 11.2 Å². The van der Waals surface area contributed by atoms with Gasteiger partial charge in [-0.2, -0.15) is 0 Å². The van der Waals surface area contributed by atoms with Crippen LogP contribution in [0.15, 0.2) is 23.2 Å². The van der Waals surface area contributed by atoms with Crippen LogP contribution in [0.25, 0.3) is 0 Å². The molecular weight excluding hydrogens is 266 g/mol. The summed E-state index contributed by atoms with van der Waals surface area (Å²) in [6.45, 7) is 4.65. The Hall–Kier alpha value is -1.01. The summed E-state index contributed by atoms with van der Waals surface area (Å²) < 4.78 is 1.01. The Labute approximate surface area is 115 Å². The smallest absolute Gasteiger partial charge is 0.238 e. The van der Waals surface area contributed by atoms with E-state index in [0.717, 1.165) is 22.4 Å². The van der Waals surface area contributed by atoms with Gasteiger partial charge in [-0.1, -0.05) is 29.6 Å². The van der Waals surface area contributed by atoms with Gasteiger partial charge >= 0.3 is 0 Å². The molecule has 1 unspecified atom stereocenters. The number of anilines is 1. The van der Waals surface area contributed by atoms with Crippen LogP contribution in [-0.4, -0.2) is 32.8 Å². The van der Waals surface area contributed by atoms with Crippen LogP contribution in [0, 0.1) is 6.92 Å². The molecule has 0 bridgehead atoms. The van der Waals surface area contributed by atoms with E-state index in [0.29, 0.717) is 5.82 Å². The second-order valence-corrected chi connectivity index (χ2v) is 6.58. The summed E-state index contributed by atoms with van der Waals surface area (Å²) in [4.78, 5) is 20.6. The van der Waals surface area contributed by atoms with Gasteiger partial charge in [0.05, 0.1) is 11.8 Å². The zero-order valence-corrected chi connectivity index (χ0v) is 12.0. The van der Waals surface area contributed by atoms with E-state index < -0.39 is 0 Å². The van der Waals surface area contributed by atoms with Crippen molar-refractivity contribution < 1.29 is 4.79 Å². The molecular formula is C12H15N3OS2. The number of thioether (sulfide) groups is 2. The van der Waals surface area contributed by atoms with Crippen LogP contribution in [0.4, 0.5) is 5.82 Å². The van der Waals surface area contributed by atoms with Gasteiger partial charge in [0.2, 0.25) is 5.91 Å². The maximum absolute atomic E-state index is 12.0. The van der Waals surface area contributed by atoms with Crippen LogP contribution >= 0.6 is 23.5 Å². The number of amides is 1. The lowest BCUT2D eigenvalue weighted by atomic mass is 10.3. The highest BCUT2D eigenvalue weighted by molar-refractivity contribution is 8.39. The predicted octanol–water partition coefficient (Wildman–Crippen LogP) is 2.55. The van der Waals surface area contributed by atoms with Crippen LogP contribution in [-0.2, 0) is 4.79 Å². The minimum atomic E-state index is -0.156. The molecule has 0 spiro atoms. The Kier molecular flexibility index (Phi) is 4.66. The molecule has 4 nitrogen and oxygen atoms in total. The molecule has 1 aliphatic heterocycles.